The normalized spacial score (nSPS) is 27.4. The summed E-state index contributed by atoms with van der Waals surface area (Å²) < 4.78 is 0. The number of aliphatic hydroxyl groups excluding tert-OH is 1. The van der Waals surface area contributed by atoms with E-state index in [1.165, 1.54) is 32.1 Å². The van der Waals surface area contributed by atoms with Crippen molar-refractivity contribution in [1.29, 1.82) is 0 Å². The molecule has 0 aromatic carbocycles. The molecule has 1 aliphatic carbocycles. The molecule has 17 heavy (non-hydrogen) atoms. The highest BCUT2D eigenvalue weighted by atomic mass is 16.3. The minimum atomic E-state index is 0.00262. The van der Waals surface area contributed by atoms with Crippen LogP contribution in [0.1, 0.15) is 86.5 Å². The molecule has 1 fully saturated rings. The van der Waals surface area contributed by atoms with Crippen molar-refractivity contribution in [3.05, 3.63) is 0 Å². The fraction of sp³-hybridized carbons (Fsp3) is 1.00. The van der Waals surface area contributed by atoms with E-state index in [-0.39, 0.29) is 6.10 Å². The van der Waals surface area contributed by atoms with Gasteiger partial charge in [-0.2, -0.15) is 0 Å². The largest absolute Gasteiger partial charge is 0.393 e. The Bertz CT molecular complexity index is 131. The van der Waals surface area contributed by atoms with Crippen LogP contribution in [-0.2, 0) is 0 Å². The first-order valence-electron chi connectivity index (χ1n) is 7.96. The molecule has 1 saturated carbocycles. The van der Waals surface area contributed by atoms with Gasteiger partial charge in [0.2, 0.25) is 0 Å². The van der Waals surface area contributed by atoms with Crippen LogP contribution < -0.4 is 0 Å². The van der Waals surface area contributed by atoms with Crippen molar-refractivity contribution in [3.63, 3.8) is 0 Å². The minimum absolute atomic E-state index is 0.00262. The summed E-state index contributed by atoms with van der Waals surface area (Å²) in [6, 6.07) is 0. The lowest BCUT2D eigenvalue weighted by Crippen LogP contribution is -2.27. The topological polar surface area (TPSA) is 20.2 Å². The van der Waals surface area contributed by atoms with E-state index in [0.29, 0.717) is 0 Å². The summed E-state index contributed by atoms with van der Waals surface area (Å²) in [4.78, 5) is 0. The average Bonchev–Trinajstić information content (AvgIpc) is 2.41. The Labute approximate surface area is 110 Å². The average molecular weight is 244 g/mol. The maximum atomic E-state index is 9.55. The number of aliphatic hydroxyl groups is 1. The van der Waals surface area contributed by atoms with Gasteiger partial charge >= 0.3 is 0 Å². The maximum Gasteiger partial charge on any atom is 0.0543 e. The Morgan fingerprint density at radius 3 is 2.00 bits per heavy atom. The third-order valence-corrected chi connectivity index (χ3v) is 3.57. The van der Waals surface area contributed by atoms with Gasteiger partial charge in [-0.1, -0.05) is 67.2 Å². The van der Waals surface area contributed by atoms with E-state index in [9.17, 15) is 5.11 Å². The summed E-state index contributed by atoms with van der Waals surface area (Å²) in [5, 5.41) is 9.55. The highest BCUT2D eigenvalue weighted by Crippen LogP contribution is 2.35. The van der Waals surface area contributed by atoms with Gasteiger partial charge in [-0.05, 0) is 31.1 Å². The van der Waals surface area contributed by atoms with Crippen LogP contribution in [0.4, 0.5) is 0 Å². The molecule has 1 N–H and O–H groups in total. The van der Waals surface area contributed by atoms with Crippen molar-refractivity contribution in [2.45, 2.75) is 92.6 Å². The smallest absolute Gasteiger partial charge is 0.0543 e. The van der Waals surface area contributed by atoms with Crippen LogP contribution >= 0.6 is 0 Å². The van der Waals surface area contributed by atoms with E-state index >= 15 is 0 Å². The Morgan fingerprint density at radius 2 is 1.53 bits per heavy atom. The van der Waals surface area contributed by atoms with Gasteiger partial charge < -0.3 is 5.11 Å². The third kappa shape index (κ3) is 8.65. The van der Waals surface area contributed by atoms with Gasteiger partial charge in [0.15, 0.2) is 0 Å². The Morgan fingerprint density at radius 1 is 0.941 bits per heavy atom. The summed E-state index contributed by atoms with van der Waals surface area (Å²) in [7, 11) is 0. The highest BCUT2D eigenvalue weighted by Gasteiger charge is 2.27. The lowest BCUT2D eigenvalue weighted by Gasteiger charge is -2.33. The first-order valence-corrected chi connectivity index (χ1v) is 7.96. The number of hydrogen-bond acceptors (Lipinski definition) is 1. The molecule has 1 nitrogen and oxygen atoms in total. The van der Waals surface area contributed by atoms with Crippen molar-refractivity contribution in [2.24, 2.45) is 11.8 Å². The molecule has 1 aliphatic rings. The second-order valence-electron chi connectivity index (χ2n) is 4.54. The first-order chi connectivity index (χ1) is 8.27. The van der Waals surface area contributed by atoms with Gasteiger partial charge in [-0.25, -0.2) is 0 Å². The van der Waals surface area contributed by atoms with Crippen molar-refractivity contribution in [2.75, 3.05) is 0 Å². The standard InChI is InChI=1S/C12H24O.2C2H6/c1-3-5-6-11-7-8-12(13)9-10(11)4-2;2*1-2/h10-13H,3-9H2,1-2H3;2*1-2H3. The van der Waals surface area contributed by atoms with Crippen LogP contribution in [0, 0.1) is 11.8 Å². The van der Waals surface area contributed by atoms with Crippen molar-refractivity contribution >= 4 is 0 Å². The van der Waals surface area contributed by atoms with Gasteiger partial charge in [0.25, 0.3) is 0 Å². The van der Waals surface area contributed by atoms with Crippen LogP contribution in [0.25, 0.3) is 0 Å². The summed E-state index contributed by atoms with van der Waals surface area (Å²) >= 11 is 0. The number of rotatable bonds is 4. The van der Waals surface area contributed by atoms with Crippen LogP contribution in [0.3, 0.4) is 0 Å². The Balaban J connectivity index is 0. The second-order valence-corrected chi connectivity index (χ2v) is 4.54. The molecule has 0 bridgehead atoms. The fourth-order valence-corrected chi connectivity index (χ4v) is 2.65. The van der Waals surface area contributed by atoms with Crippen LogP contribution in [0.15, 0.2) is 0 Å². The van der Waals surface area contributed by atoms with Gasteiger partial charge in [0.1, 0.15) is 0 Å². The highest BCUT2D eigenvalue weighted by molar-refractivity contribution is 4.78. The molecule has 0 aromatic rings. The quantitative estimate of drug-likeness (QED) is 0.700. The zero-order valence-corrected chi connectivity index (χ0v) is 13.1. The number of unbranched alkanes of at least 4 members (excludes halogenated alkanes) is 1. The SMILES string of the molecule is CC.CC.CCCCC1CCC(O)CC1CC. The summed E-state index contributed by atoms with van der Waals surface area (Å²) in [6.45, 7) is 12.5. The molecule has 3 unspecified atom stereocenters. The molecule has 1 rings (SSSR count). The summed E-state index contributed by atoms with van der Waals surface area (Å²) in [5.74, 6) is 1.71. The summed E-state index contributed by atoms with van der Waals surface area (Å²) in [6.07, 6.45) is 8.71. The lowest BCUT2D eigenvalue weighted by atomic mass is 9.74. The predicted molar refractivity (Wildman–Crippen MR) is 79.3 cm³/mol. The second kappa shape index (κ2) is 14.0. The monoisotopic (exact) mass is 244 g/mol. The predicted octanol–water partition coefficient (Wildman–Crippen LogP) is 5.42. The molecule has 0 spiro atoms. The van der Waals surface area contributed by atoms with Crippen LogP contribution in [0.5, 0.6) is 0 Å². The van der Waals surface area contributed by atoms with E-state index < -0.39 is 0 Å². The Hall–Kier alpha value is -0.0400. The molecule has 106 valence electrons. The molecule has 3 atom stereocenters. The van der Waals surface area contributed by atoms with Gasteiger partial charge in [0.05, 0.1) is 6.10 Å². The van der Waals surface area contributed by atoms with Crippen LogP contribution in [0.2, 0.25) is 0 Å². The lowest BCUT2D eigenvalue weighted by molar-refractivity contribution is 0.0632. The first kappa shape index (κ1) is 19.3. The van der Waals surface area contributed by atoms with E-state index in [1.54, 1.807) is 0 Å². The van der Waals surface area contributed by atoms with E-state index in [0.717, 1.165) is 24.7 Å². The maximum absolute atomic E-state index is 9.55. The van der Waals surface area contributed by atoms with E-state index in [1.807, 2.05) is 27.7 Å². The Kier molecular flexibility index (Phi) is 15.9. The van der Waals surface area contributed by atoms with Gasteiger partial charge in [0, 0.05) is 0 Å². The molecule has 1 heteroatoms. The molecular formula is C16H36O. The van der Waals surface area contributed by atoms with E-state index in [4.69, 9.17) is 0 Å². The zero-order valence-electron chi connectivity index (χ0n) is 13.1. The molecule has 0 saturated heterocycles. The molecule has 0 amide bonds. The van der Waals surface area contributed by atoms with Crippen molar-refractivity contribution < 1.29 is 5.11 Å². The molecular weight excluding hydrogens is 208 g/mol. The van der Waals surface area contributed by atoms with Crippen LogP contribution in [-0.4, -0.2) is 11.2 Å². The molecule has 0 aromatic heterocycles. The van der Waals surface area contributed by atoms with Gasteiger partial charge in [-0.3, -0.25) is 0 Å². The van der Waals surface area contributed by atoms with E-state index in [2.05, 4.69) is 13.8 Å². The third-order valence-electron chi connectivity index (χ3n) is 3.57. The summed E-state index contributed by atoms with van der Waals surface area (Å²) in [5.41, 5.74) is 0. The molecule has 0 aliphatic heterocycles. The van der Waals surface area contributed by atoms with Gasteiger partial charge in [-0.15, -0.1) is 0 Å². The molecule has 0 heterocycles. The van der Waals surface area contributed by atoms with Crippen molar-refractivity contribution in [3.8, 4) is 0 Å². The number of hydrogen-bond donors (Lipinski definition) is 1. The fourth-order valence-electron chi connectivity index (χ4n) is 2.65. The zero-order chi connectivity index (χ0) is 13.7. The molecule has 0 radical (unpaired) electrons. The van der Waals surface area contributed by atoms with Crippen molar-refractivity contribution in [1.82, 2.24) is 0 Å². The minimum Gasteiger partial charge on any atom is -0.393 e.